The fraction of sp³-hybridized carbons (Fsp3) is 0.455. The van der Waals surface area contributed by atoms with Gasteiger partial charge >= 0.3 is 7.12 Å². The number of hydrogen-bond donors (Lipinski definition) is 2. The lowest BCUT2D eigenvalue weighted by Gasteiger charge is -2.23. The smallest absolute Gasteiger partial charge is 0.490 e. The maximum absolute atomic E-state index is 13.5. The molecule has 1 aliphatic heterocycles. The van der Waals surface area contributed by atoms with Crippen LogP contribution in [0.3, 0.4) is 0 Å². The summed E-state index contributed by atoms with van der Waals surface area (Å²) >= 11 is 0. The predicted molar refractivity (Wildman–Crippen MR) is 60.7 cm³/mol. The summed E-state index contributed by atoms with van der Waals surface area (Å²) in [7, 11) is -2.18. The highest BCUT2D eigenvalue weighted by molar-refractivity contribution is 6.58. The van der Waals surface area contributed by atoms with Gasteiger partial charge in [0.2, 0.25) is 0 Å². The second kappa shape index (κ2) is 5.64. The fourth-order valence-electron chi connectivity index (χ4n) is 1.86. The van der Waals surface area contributed by atoms with Crippen molar-refractivity contribution < 1.29 is 28.3 Å². The molecule has 1 fully saturated rings. The average Bonchev–Trinajstić information content (AvgIpc) is 2.28. The van der Waals surface area contributed by atoms with E-state index in [2.05, 4.69) is 0 Å². The normalized spacial score (nSPS) is 16.7. The van der Waals surface area contributed by atoms with Gasteiger partial charge in [0, 0.05) is 25.0 Å². The van der Waals surface area contributed by atoms with Crippen molar-refractivity contribution in [2.45, 2.75) is 18.9 Å². The van der Waals surface area contributed by atoms with Gasteiger partial charge in [0.05, 0.1) is 18.7 Å². The van der Waals surface area contributed by atoms with Crippen LogP contribution in [0.25, 0.3) is 0 Å². The zero-order valence-corrected chi connectivity index (χ0v) is 9.60. The molecule has 0 bridgehead atoms. The summed E-state index contributed by atoms with van der Waals surface area (Å²) in [4.78, 5) is 0. The average molecular weight is 258 g/mol. The van der Waals surface area contributed by atoms with E-state index >= 15 is 0 Å². The summed E-state index contributed by atoms with van der Waals surface area (Å²) in [5.74, 6) is -2.03. The van der Waals surface area contributed by atoms with Gasteiger partial charge in [0.1, 0.15) is 23.5 Å². The Bertz CT molecular complexity index is 398. The maximum atomic E-state index is 13.5. The monoisotopic (exact) mass is 258 g/mol. The Kier molecular flexibility index (Phi) is 4.16. The van der Waals surface area contributed by atoms with Gasteiger partial charge in [0.25, 0.3) is 0 Å². The molecular formula is C11H13BF2O4. The molecule has 0 unspecified atom stereocenters. The molecule has 0 spiro atoms. The van der Waals surface area contributed by atoms with Crippen molar-refractivity contribution in [3.05, 3.63) is 23.8 Å². The van der Waals surface area contributed by atoms with Crippen LogP contribution >= 0.6 is 0 Å². The molecule has 2 N–H and O–H groups in total. The highest BCUT2D eigenvalue weighted by atomic mass is 19.1. The third-order valence-corrected chi connectivity index (χ3v) is 2.78. The molecule has 4 nitrogen and oxygen atoms in total. The Morgan fingerprint density at radius 3 is 2.22 bits per heavy atom. The van der Waals surface area contributed by atoms with Crippen LogP contribution < -0.4 is 10.2 Å². The molecule has 0 saturated carbocycles. The highest BCUT2D eigenvalue weighted by Gasteiger charge is 2.24. The number of rotatable bonds is 3. The van der Waals surface area contributed by atoms with E-state index in [9.17, 15) is 8.78 Å². The van der Waals surface area contributed by atoms with Gasteiger partial charge < -0.3 is 19.5 Å². The van der Waals surface area contributed by atoms with Crippen LogP contribution in [-0.2, 0) is 4.74 Å². The summed E-state index contributed by atoms with van der Waals surface area (Å²) < 4.78 is 37.5. The Morgan fingerprint density at radius 1 is 1.17 bits per heavy atom. The number of benzene rings is 1. The van der Waals surface area contributed by atoms with Crippen LogP contribution in [0.15, 0.2) is 12.1 Å². The minimum Gasteiger partial charge on any atom is -0.490 e. The summed E-state index contributed by atoms with van der Waals surface area (Å²) in [5.41, 5.74) is -0.769. The second-order valence-electron chi connectivity index (χ2n) is 4.10. The third kappa shape index (κ3) is 2.98. The first kappa shape index (κ1) is 13.3. The fourth-order valence-corrected chi connectivity index (χ4v) is 1.86. The minimum absolute atomic E-state index is 0.0429. The largest absolute Gasteiger partial charge is 0.494 e. The SMILES string of the molecule is OB(O)c1c(F)cc(OC2CCOCC2)cc1F. The van der Waals surface area contributed by atoms with Crippen molar-refractivity contribution in [3.8, 4) is 5.75 Å². The molecule has 1 aromatic rings. The first-order chi connectivity index (χ1) is 8.58. The van der Waals surface area contributed by atoms with Gasteiger partial charge in [-0.25, -0.2) is 8.78 Å². The van der Waals surface area contributed by atoms with Gasteiger partial charge in [0.15, 0.2) is 0 Å². The molecule has 0 atom stereocenters. The number of halogens is 2. The van der Waals surface area contributed by atoms with Crippen LogP contribution in [0.4, 0.5) is 8.78 Å². The van der Waals surface area contributed by atoms with Gasteiger partial charge in [-0.05, 0) is 0 Å². The first-order valence-corrected chi connectivity index (χ1v) is 5.67. The van der Waals surface area contributed by atoms with E-state index in [1.165, 1.54) is 0 Å². The first-order valence-electron chi connectivity index (χ1n) is 5.67. The molecule has 7 heteroatoms. The van der Waals surface area contributed by atoms with E-state index in [1.54, 1.807) is 0 Å². The summed E-state index contributed by atoms with van der Waals surface area (Å²) in [5, 5.41) is 17.6. The van der Waals surface area contributed by atoms with Gasteiger partial charge in [-0.2, -0.15) is 0 Å². The van der Waals surface area contributed by atoms with Crippen LogP contribution in [0.2, 0.25) is 0 Å². The summed E-state index contributed by atoms with van der Waals surface area (Å²) in [6.45, 7) is 1.12. The molecular weight excluding hydrogens is 245 g/mol. The number of hydrogen-bond acceptors (Lipinski definition) is 4. The molecule has 18 heavy (non-hydrogen) atoms. The molecule has 1 aliphatic rings. The lowest BCUT2D eigenvalue weighted by molar-refractivity contribution is 0.0253. The lowest BCUT2D eigenvalue weighted by atomic mass is 9.79. The lowest BCUT2D eigenvalue weighted by Crippen LogP contribution is -2.36. The Labute approximate surface area is 103 Å². The van der Waals surface area contributed by atoms with E-state index < -0.39 is 24.2 Å². The molecule has 1 heterocycles. The van der Waals surface area contributed by atoms with Crippen LogP contribution in [0, 0.1) is 11.6 Å². The topological polar surface area (TPSA) is 58.9 Å². The molecule has 0 amide bonds. The molecule has 2 rings (SSSR count). The van der Waals surface area contributed by atoms with Crippen molar-refractivity contribution in [1.29, 1.82) is 0 Å². The second-order valence-corrected chi connectivity index (χ2v) is 4.10. The van der Waals surface area contributed by atoms with Gasteiger partial charge in [-0.3, -0.25) is 0 Å². The third-order valence-electron chi connectivity index (χ3n) is 2.78. The molecule has 0 radical (unpaired) electrons. The standard InChI is InChI=1S/C11H13BF2O4/c13-9-5-8(6-10(14)11(9)12(15)16)18-7-1-3-17-4-2-7/h5-7,15-16H,1-4H2. The predicted octanol–water partition coefficient (Wildman–Crippen LogP) is 0.202. The van der Waals surface area contributed by atoms with E-state index in [-0.39, 0.29) is 11.9 Å². The zero-order valence-electron chi connectivity index (χ0n) is 9.60. The number of ether oxygens (including phenoxy) is 2. The summed E-state index contributed by atoms with van der Waals surface area (Å²) in [6, 6.07) is 1.90. The van der Waals surface area contributed by atoms with Crippen molar-refractivity contribution in [3.63, 3.8) is 0 Å². The molecule has 98 valence electrons. The van der Waals surface area contributed by atoms with Crippen LogP contribution in [-0.4, -0.2) is 36.5 Å². The highest BCUT2D eigenvalue weighted by Crippen LogP contribution is 2.19. The molecule has 1 saturated heterocycles. The van der Waals surface area contributed by atoms with Gasteiger partial charge in [-0.1, -0.05) is 0 Å². The molecule has 0 aromatic heterocycles. The van der Waals surface area contributed by atoms with Crippen LogP contribution in [0.5, 0.6) is 5.75 Å². The van der Waals surface area contributed by atoms with E-state index in [4.69, 9.17) is 19.5 Å². The maximum Gasteiger partial charge on any atom is 0.494 e. The Morgan fingerprint density at radius 2 is 1.72 bits per heavy atom. The Balaban J connectivity index is 2.14. The Hall–Kier alpha value is -1.18. The van der Waals surface area contributed by atoms with Crippen molar-refractivity contribution in [1.82, 2.24) is 0 Å². The molecule has 0 aliphatic carbocycles. The quantitative estimate of drug-likeness (QED) is 0.760. The van der Waals surface area contributed by atoms with E-state index in [1.807, 2.05) is 0 Å². The van der Waals surface area contributed by atoms with Gasteiger partial charge in [-0.15, -0.1) is 0 Å². The van der Waals surface area contributed by atoms with E-state index in [0.717, 1.165) is 12.1 Å². The van der Waals surface area contributed by atoms with Crippen molar-refractivity contribution in [2.24, 2.45) is 0 Å². The zero-order chi connectivity index (χ0) is 13.1. The van der Waals surface area contributed by atoms with Crippen molar-refractivity contribution >= 4 is 12.6 Å². The summed E-state index contributed by atoms with van der Waals surface area (Å²) in [6.07, 6.45) is 1.18. The molecule has 1 aromatic carbocycles. The minimum atomic E-state index is -2.18. The van der Waals surface area contributed by atoms with Crippen LogP contribution in [0.1, 0.15) is 12.8 Å². The van der Waals surface area contributed by atoms with Crippen molar-refractivity contribution in [2.75, 3.05) is 13.2 Å². The van der Waals surface area contributed by atoms with E-state index in [0.29, 0.717) is 26.1 Å².